The quantitative estimate of drug-likeness (QED) is 0.0458. The number of halogens is 1. The first kappa shape index (κ1) is 56.5. The molecule has 3 N–H and O–H groups in total. The lowest BCUT2D eigenvalue weighted by Crippen LogP contribution is -2.51. The molecule has 2 aromatic rings. The van der Waals surface area contributed by atoms with E-state index >= 15 is 0 Å². The van der Waals surface area contributed by atoms with Crippen molar-refractivity contribution in [2.24, 2.45) is 17.3 Å². The number of carboxylic acid groups (broad SMARTS) is 1. The Morgan fingerprint density at radius 3 is 2.12 bits per heavy atom. The number of ether oxygens (including phenoxy) is 9. The minimum atomic E-state index is -1.25. The molecule has 18 nitrogen and oxygen atoms in total. The van der Waals surface area contributed by atoms with Gasteiger partial charge < -0.3 is 58.4 Å². The Hall–Kier alpha value is -5.11. The molecule has 0 spiro atoms. The van der Waals surface area contributed by atoms with Crippen LogP contribution in [0.25, 0.3) is 0 Å². The van der Waals surface area contributed by atoms with Gasteiger partial charge in [-0.1, -0.05) is 68.8 Å². The molecule has 2 aliphatic heterocycles. The molecule has 0 saturated carbocycles. The molecule has 2 aliphatic rings. The third kappa shape index (κ3) is 20.4. The van der Waals surface area contributed by atoms with E-state index in [0.29, 0.717) is 69.0 Å². The van der Waals surface area contributed by atoms with Crippen LogP contribution in [0, 0.1) is 17.3 Å². The predicted molar refractivity (Wildman–Crippen MR) is 251 cm³/mol. The number of carboxylic acids is 1. The first-order valence-corrected chi connectivity index (χ1v) is 23.8. The number of hydrogen-bond donors (Lipinski definition) is 3. The molecule has 0 aliphatic carbocycles. The Balaban J connectivity index is 1.29. The van der Waals surface area contributed by atoms with Crippen molar-refractivity contribution in [2.75, 3.05) is 66.5 Å². The maximum absolute atomic E-state index is 13.8. The van der Waals surface area contributed by atoms with Crippen LogP contribution in [0.15, 0.2) is 54.6 Å². The number of benzene rings is 2. The summed E-state index contributed by atoms with van der Waals surface area (Å²) in [4.78, 5) is 77.3. The zero-order chi connectivity index (χ0) is 50.3. The van der Waals surface area contributed by atoms with E-state index in [2.05, 4.69) is 10.6 Å². The lowest BCUT2D eigenvalue weighted by molar-refractivity contribution is -0.179. The molecular weight excluding hydrogens is 920 g/mol. The second-order valence-electron chi connectivity index (χ2n) is 18.0. The third-order valence-electron chi connectivity index (χ3n) is 11.2. The molecule has 0 bridgehead atoms. The van der Waals surface area contributed by atoms with Gasteiger partial charge in [0.25, 0.3) is 0 Å². The van der Waals surface area contributed by atoms with E-state index in [4.69, 9.17) is 59.3 Å². The van der Waals surface area contributed by atoms with Gasteiger partial charge in [0.1, 0.15) is 30.6 Å². The fourth-order valence-electron chi connectivity index (χ4n) is 7.10. The highest BCUT2D eigenvalue weighted by atomic mass is 35.5. The number of methoxy groups -OCH3 is 1. The van der Waals surface area contributed by atoms with Gasteiger partial charge in [-0.3, -0.25) is 24.0 Å². The van der Waals surface area contributed by atoms with Crippen molar-refractivity contribution in [3.05, 3.63) is 76.3 Å². The molecule has 382 valence electrons. The van der Waals surface area contributed by atoms with E-state index in [-0.39, 0.29) is 81.9 Å². The number of carbonyl (C=O) groups is 6. The highest BCUT2D eigenvalue weighted by molar-refractivity contribution is 6.32. The van der Waals surface area contributed by atoms with Crippen LogP contribution in [0.2, 0.25) is 5.02 Å². The van der Waals surface area contributed by atoms with Crippen LogP contribution in [0.3, 0.4) is 0 Å². The predicted octanol–water partition coefficient (Wildman–Crippen LogP) is 5.49. The Labute approximate surface area is 409 Å². The average Bonchev–Trinajstić information content (AvgIpc) is 4.11. The zero-order valence-corrected chi connectivity index (χ0v) is 41.3. The van der Waals surface area contributed by atoms with E-state index in [1.165, 1.54) is 13.2 Å². The Morgan fingerprint density at radius 2 is 1.49 bits per heavy atom. The number of carbonyl (C=O) groups excluding carboxylic acids is 5. The number of hydrogen-bond acceptors (Lipinski definition) is 15. The second kappa shape index (κ2) is 29.2. The molecular formula is C50H69ClN2O16. The molecule has 2 aromatic carbocycles. The number of esters is 3. The highest BCUT2D eigenvalue weighted by Gasteiger charge is 2.48. The van der Waals surface area contributed by atoms with Crippen molar-refractivity contribution < 1.29 is 76.5 Å². The summed E-state index contributed by atoms with van der Waals surface area (Å²) in [5, 5.41) is 14.5. The molecule has 1 fully saturated rings. The van der Waals surface area contributed by atoms with E-state index < -0.39 is 53.4 Å². The second-order valence-corrected chi connectivity index (χ2v) is 18.4. The number of amides is 2. The Bertz CT molecular complexity index is 2010. The van der Waals surface area contributed by atoms with Gasteiger partial charge in [-0.2, -0.15) is 0 Å². The molecule has 2 amide bonds. The smallest absolute Gasteiger partial charge is 0.347 e. The minimum Gasteiger partial charge on any atom is -0.495 e. The van der Waals surface area contributed by atoms with Gasteiger partial charge in [0.05, 0.1) is 76.3 Å². The molecule has 2 heterocycles. The van der Waals surface area contributed by atoms with Crippen molar-refractivity contribution in [3.8, 4) is 5.75 Å². The van der Waals surface area contributed by atoms with Gasteiger partial charge in [-0.05, 0) is 67.5 Å². The van der Waals surface area contributed by atoms with Gasteiger partial charge in [-0.25, -0.2) is 4.79 Å². The number of epoxide rings is 1. The van der Waals surface area contributed by atoms with Crippen molar-refractivity contribution in [3.63, 3.8) is 0 Å². The van der Waals surface area contributed by atoms with Crippen LogP contribution in [0.1, 0.15) is 89.5 Å². The van der Waals surface area contributed by atoms with Crippen LogP contribution in [0.5, 0.6) is 5.75 Å². The number of rotatable bonds is 26. The largest absolute Gasteiger partial charge is 0.495 e. The Morgan fingerprint density at radius 1 is 0.855 bits per heavy atom. The molecule has 0 unspecified atom stereocenters. The fraction of sp³-hybridized carbons (Fsp3) is 0.600. The zero-order valence-electron chi connectivity index (χ0n) is 40.5. The van der Waals surface area contributed by atoms with Crippen molar-refractivity contribution in [1.82, 2.24) is 10.6 Å². The third-order valence-corrected chi connectivity index (χ3v) is 11.5. The first-order chi connectivity index (χ1) is 33.0. The normalized spacial score (nSPS) is 21.9. The Kier molecular flexibility index (Phi) is 23.9. The van der Waals surface area contributed by atoms with E-state index in [1.807, 2.05) is 45.0 Å². The molecule has 6 atom stereocenters. The summed E-state index contributed by atoms with van der Waals surface area (Å²) in [6.45, 7) is 11.5. The van der Waals surface area contributed by atoms with Crippen LogP contribution in [-0.4, -0.2) is 132 Å². The van der Waals surface area contributed by atoms with Gasteiger partial charge in [0.15, 0.2) is 6.10 Å². The van der Waals surface area contributed by atoms with E-state index in [1.54, 1.807) is 38.1 Å². The summed E-state index contributed by atoms with van der Waals surface area (Å²) in [5.74, 6) is -3.70. The van der Waals surface area contributed by atoms with Crippen LogP contribution in [-0.2, 0) is 79.7 Å². The first-order valence-electron chi connectivity index (χ1n) is 23.4. The lowest BCUT2D eigenvalue weighted by Gasteiger charge is -2.29. The maximum Gasteiger partial charge on any atom is 0.347 e. The summed E-state index contributed by atoms with van der Waals surface area (Å²) in [6.07, 6.45) is 1.24. The van der Waals surface area contributed by atoms with Gasteiger partial charge in [-0.15, -0.1) is 0 Å². The summed E-state index contributed by atoms with van der Waals surface area (Å²) in [6, 6.07) is 11.5. The summed E-state index contributed by atoms with van der Waals surface area (Å²) >= 11 is 6.36. The standard InChI is InChI=1S/C50H69ClN2O16/c1-32(2)27-41-48(59)67-39(9-7-10-42(54)53-38(29-35-14-17-40(61-6)37(51)28-35)47(58)52-31-50(4,5)49(60)68-41)33(3)45-46(69-45)36-15-12-34(13-16-36)30-66-44(57)11-8-19-62-21-23-64-25-26-65-24-22-63-20-18-43(55)56/h7,10,12-17,28,32-33,38-39,41,45-46H,8-9,11,18-27,29-31H2,1-6H3,(H,52,58)(H,53,54)(H,55,56)/b10-7+/t33-,38+,39-,41-,45-,46-/m0/s1. The van der Waals surface area contributed by atoms with Crippen molar-refractivity contribution >= 4 is 47.3 Å². The number of aliphatic carboxylic acids is 1. The van der Waals surface area contributed by atoms with Crippen LogP contribution >= 0.6 is 11.6 Å². The van der Waals surface area contributed by atoms with Crippen LogP contribution < -0.4 is 15.4 Å². The molecule has 4 rings (SSSR count). The molecule has 0 aromatic heterocycles. The summed E-state index contributed by atoms with van der Waals surface area (Å²) < 4.78 is 50.3. The van der Waals surface area contributed by atoms with Crippen molar-refractivity contribution in [1.29, 1.82) is 0 Å². The number of cyclic esters (lactones) is 2. The fourth-order valence-corrected chi connectivity index (χ4v) is 7.38. The van der Waals surface area contributed by atoms with Crippen molar-refractivity contribution in [2.45, 2.75) is 110 Å². The minimum absolute atomic E-state index is 0.0353. The average molecular weight is 990 g/mol. The molecule has 69 heavy (non-hydrogen) atoms. The topological polar surface area (TPSA) is 233 Å². The van der Waals surface area contributed by atoms with Crippen LogP contribution in [0.4, 0.5) is 0 Å². The van der Waals surface area contributed by atoms with Gasteiger partial charge in [0, 0.05) is 38.3 Å². The summed E-state index contributed by atoms with van der Waals surface area (Å²) in [5.41, 5.74) is 1.08. The lowest BCUT2D eigenvalue weighted by atomic mass is 9.92. The van der Waals surface area contributed by atoms with Gasteiger partial charge in [0.2, 0.25) is 11.8 Å². The molecule has 1 saturated heterocycles. The van der Waals surface area contributed by atoms with E-state index in [9.17, 15) is 28.8 Å². The van der Waals surface area contributed by atoms with E-state index in [0.717, 1.165) is 11.1 Å². The molecule has 0 radical (unpaired) electrons. The molecule has 19 heteroatoms. The van der Waals surface area contributed by atoms with Gasteiger partial charge >= 0.3 is 23.9 Å². The highest BCUT2D eigenvalue weighted by Crippen LogP contribution is 2.45. The monoisotopic (exact) mass is 988 g/mol. The number of nitrogens with one attached hydrogen (secondary N) is 2. The SMILES string of the molecule is COc1ccc(C[C@H]2NC(=O)/C=C/C[C@@H]([C@H](C)[C@@H]3O[C@H]3c3ccc(COC(=O)CCCOCCOCCOCCOCCC(=O)O)cc3)OC(=O)[C@H](CC(C)C)OC(=O)C(C)(C)CNC2=O)cc1Cl. The summed E-state index contributed by atoms with van der Waals surface area (Å²) in [7, 11) is 1.49. The maximum atomic E-state index is 13.8.